The lowest BCUT2D eigenvalue weighted by Gasteiger charge is -2.21. The van der Waals surface area contributed by atoms with Crippen molar-refractivity contribution in [3.8, 4) is 0 Å². The van der Waals surface area contributed by atoms with E-state index < -0.39 is 6.04 Å². The van der Waals surface area contributed by atoms with E-state index in [-0.39, 0.29) is 17.9 Å². The Bertz CT molecular complexity index is 1180. The fourth-order valence-corrected chi connectivity index (χ4v) is 5.39. The van der Waals surface area contributed by atoms with Crippen LogP contribution in [0.15, 0.2) is 48.8 Å². The van der Waals surface area contributed by atoms with Crippen LogP contribution in [0.5, 0.6) is 0 Å². The highest BCUT2D eigenvalue weighted by atomic mass is 35.5. The van der Waals surface area contributed by atoms with Gasteiger partial charge in [-0.05, 0) is 56.5 Å². The van der Waals surface area contributed by atoms with Gasteiger partial charge >= 0.3 is 0 Å². The summed E-state index contributed by atoms with van der Waals surface area (Å²) in [5.41, 5.74) is 2.37. The molecule has 9 heteroatoms. The summed E-state index contributed by atoms with van der Waals surface area (Å²) in [5.74, 6) is -0.0616. The molecule has 1 aliphatic carbocycles. The number of benzene rings is 1. The van der Waals surface area contributed by atoms with Gasteiger partial charge in [0.15, 0.2) is 0 Å². The lowest BCUT2D eigenvalue weighted by Crippen LogP contribution is -2.44. The number of nitrogens with one attached hydrogen (secondary N) is 3. The highest BCUT2D eigenvalue weighted by Crippen LogP contribution is 2.29. The van der Waals surface area contributed by atoms with Crippen molar-refractivity contribution < 1.29 is 9.59 Å². The number of aromatic nitrogens is 2. The van der Waals surface area contributed by atoms with Crippen LogP contribution in [-0.4, -0.2) is 27.8 Å². The third-order valence-electron chi connectivity index (χ3n) is 6.16. The van der Waals surface area contributed by atoms with Crippen LogP contribution < -0.4 is 16.0 Å². The summed E-state index contributed by atoms with van der Waals surface area (Å²) in [6, 6.07) is 10.3. The Morgan fingerprint density at radius 2 is 1.94 bits per heavy atom. The minimum Gasteiger partial charge on any atom is -0.376 e. The number of hydrogen-bond donors (Lipinski definition) is 3. The first-order valence-electron chi connectivity index (χ1n) is 11.9. The number of pyridine rings is 1. The molecule has 35 heavy (non-hydrogen) atoms. The average Bonchev–Trinajstić information content (AvgIpc) is 3.51. The quantitative estimate of drug-likeness (QED) is 0.328. The minimum absolute atomic E-state index is 0.104. The highest BCUT2D eigenvalue weighted by molar-refractivity contribution is 7.13. The number of nitrogens with zero attached hydrogens (tertiary/aromatic N) is 2. The largest absolute Gasteiger partial charge is 0.376 e. The van der Waals surface area contributed by atoms with Crippen molar-refractivity contribution in [3.05, 3.63) is 69.4 Å². The van der Waals surface area contributed by atoms with E-state index in [0.29, 0.717) is 27.9 Å². The molecule has 1 aromatic carbocycles. The molecule has 1 aliphatic rings. The number of carbonyl (C=O) groups is 2. The van der Waals surface area contributed by atoms with Crippen molar-refractivity contribution in [2.45, 2.75) is 58.0 Å². The Kier molecular flexibility index (Phi) is 8.36. The maximum Gasteiger partial charge on any atom is 0.263 e. The number of rotatable bonds is 9. The normalized spacial score (nSPS) is 15.4. The van der Waals surface area contributed by atoms with Gasteiger partial charge in [-0.2, -0.15) is 0 Å². The Balaban J connectivity index is 1.43. The van der Waals surface area contributed by atoms with Crippen LogP contribution in [0, 0.1) is 12.8 Å². The van der Waals surface area contributed by atoms with Crippen molar-refractivity contribution in [1.82, 2.24) is 15.3 Å². The molecule has 1 saturated carbocycles. The van der Waals surface area contributed by atoms with Crippen molar-refractivity contribution in [2.24, 2.45) is 5.92 Å². The third kappa shape index (κ3) is 7.02. The number of carbonyl (C=O) groups excluding carboxylic acids is 2. The monoisotopic (exact) mass is 511 g/mol. The van der Waals surface area contributed by atoms with Gasteiger partial charge in [0.1, 0.15) is 15.9 Å². The van der Waals surface area contributed by atoms with E-state index in [4.69, 9.17) is 11.6 Å². The Labute approximate surface area is 214 Å². The van der Waals surface area contributed by atoms with Crippen LogP contribution in [0.3, 0.4) is 0 Å². The number of hydrogen-bond acceptors (Lipinski definition) is 6. The number of thiazole rings is 1. The first kappa shape index (κ1) is 25.1. The molecule has 0 radical (unpaired) electrons. The second kappa shape index (κ2) is 11.6. The summed E-state index contributed by atoms with van der Waals surface area (Å²) in [6.07, 6.45) is 8.38. The van der Waals surface area contributed by atoms with Crippen LogP contribution in [-0.2, 0) is 4.79 Å². The summed E-state index contributed by atoms with van der Waals surface area (Å²) in [5, 5.41) is 10.7. The van der Waals surface area contributed by atoms with Gasteiger partial charge in [-0.15, -0.1) is 11.3 Å². The summed E-state index contributed by atoms with van der Waals surface area (Å²) >= 11 is 7.39. The predicted octanol–water partition coefficient (Wildman–Crippen LogP) is 5.99. The molecule has 0 spiro atoms. The number of halogens is 1. The first-order valence-corrected chi connectivity index (χ1v) is 13.1. The molecule has 3 N–H and O–H groups in total. The van der Waals surface area contributed by atoms with Gasteiger partial charge < -0.3 is 16.0 Å². The Morgan fingerprint density at radius 3 is 2.69 bits per heavy atom. The van der Waals surface area contributed by atoms with Gasteiger partial charge in [0.25, 0.3) is 5.91 Å². The summed E-state index contributed by atoms with van der Waals surface area (Å²) in [6.45, 7) is 3.85. The lowest BCUT2D eigenvalue weighted by molar-refractivity contribution is -0.118. The van der Waals surface area contributed by atoms with Gasteiger partial charge in [0.2, 0.25) is 5.91 Å². The van der Waals surface area contributed by atoms with Crippen LogP contribution >= 0.6 is 22.9 Å². The van der Waals surface area contributed by atoms with Crippen LogP contribution in [0.4, 0.5) is 11.4 Å². The molecule has 1 fully saturated rings. The number of anilines is 2. The molecular formula is C26H30ClN5O2S. The lowest BCUT2D eigenvalue weighted by atomic mass is 9.97. The third-order valence-corrected chi connectivity index (χ3v) is 7.57. The molecule has 184 valence electrons. The van der Waals surface area contributed by atoms with E-state index in [0.717, 1.165) is 29.2 Å². The van der Waals surface area contributed by atoms with Crippen molar-refractivity contribution in [2.75, 3.05) is 10.6 Å². The van der Waals surface area contributed by atoms with Gasteiger partial charge in [-0.3, -0.25) is 14.6 Å². The predicted molar refractivity (Wildman–Crippen MR) is 141 cm³/mol. The maximum absolute atomic E-state index is 13.1. The van der Waals surface area contributed by atoms with E-state index in [9.17, 15) is 9.59 Å². The van der Waals surface area contributed by atoms with E-state index in [2.05, 4.69) is 25.9 Å². The molecule has 0 saturated heterocycles. The zero-order valence-electron chi connectivity index (χ0n) is 19.9. The molecule has 2 unspecified atom stereocenters. The standard InChI is InChI=1S/C26H30ClN5O2S/c1-16-12-21(10-11-28-16)31-24(33)22(13-18-6-3-4-7-18)32-25(34)23-15-29-26(35-23)17(2)30-20-9-5-8-19(27)14-20/h5,8-12,14-15,17-18,22,30H,3-4,6-7,13H2,1-2H3,(H,32,34)(H,28,31,33). The van der Waals surface area contributed by atoms with Gasteiger partial charge in [-0.1, -0.05) is 43.4 Å². The number of aryl methyl sites for hydroxylation is 1. The summed E-state index contributed by atoms with van der Waals surface area (Å²) < 4.78 is 0. The van der Waals surface area contributed by atoms with E-state index in [1.54, 1.807) is 18.5 Å². The Morgan fingerprint density at radius 1 is 1.14 bits per heavy atom. The topological polar surface area (TPSA) is 96.0 Å². The van der Waals surface area contributed by atoms with Crippen LogP contribution in [0.1, 0.15) is 65.4 Å². The molecule has 0 aliphatic heterocycles. The van der Waals surface area contributed by atoms with Gasteiger partial charge in [0, 0.05) is 28.3 Å². The second-order valence-electron chi connectivity index (χ2n) is 9.03. The Hall–Kier alpha value is -2.97. The van der Waals surface area contributed by atoms with Crippen molar-refractivity contribution in [3.63, 3.8) is 0 Å². The molecule has 4 rings (SSSR count). The van der Waals surface area contributed by atoms with Crippen LogP contribution in [0.25, 0.3) is 0 Å². The summed E-state index contributed by atoms with van der Waals surface area (Å²) in [4.78, 5) is 35.3. The maximum atomic E-state index is 13.1. The van der Waals surface area contributed by atoms with Crippen molar-refractivity contribution in [1.29, 1.82) is 0 Å². The van der Waals surface area contributed by atoms with Crippen molar-refractivity contribution >= 4 is 46.1 Å². The first-order chi connectivity index (χ1) is 16.9. The van der Waals surface area contributed by atoms with E-state index >= 15 is 0 Å². The van der Waals surface area contributed by atoms with Gasteiger partial charge in [-0.25, -0.2) is 4.98 Å². The van der Waals surface area contributed by atoms with Gasteiger partial charge in [0.05, 0.1) is 12.2 Å². The van der Waals surface area contributed by atoms with Crippen LogP contribution in [0.2, 0.25) is 5.02 Å². The molecule has 2 atom stereocenters. The average molecular weight is 512 g/mol. The molecular weight excluding hydrogens is 482 g/mol. The van der Waals surface area contributed by atoms with E-state index in [1.165, 1.54) is 24.2 Å². The second-order valence-corrected chi connectivity index (χ2v) is 10.5. The SMILES string of the molecule is Cc1cc(NC(=O)C(CC2CCCC2)NC(=O)c2cnc(C(C)Nc3cccc(Cl)c3)s2)ccn1. The van der Waals surface area contributed by atoms with E-state index in [1.807, 2.05) is 44.2 Å². The minimum atomic E-state index is -0.619. The molecule has 3 aromatic rings. The smallest absolute Gasteiger partial charge is 0.263 e. The highest BCUT2D eigenvalue weighted by Gasteiger charge is 2.28. The fraction of sp³-hybridized carbons (Fsp3) is 0.385. The zero-order valence-corrected chi connectivity index (χ0v) is 21.5. The molecule has 0 bridgehead atoms. The number of amides is 2. The summed E-state index contributed by atoms with van der Waals surface area (Å²) in [7, 11) is 0. The molecule has 2 heterocycles. The molecule has 2 amide bonds. The fourth-order valence-electron chi connectivity index (χ4n) is 4.38. The molecule has 2 aromatic heterocycles. The molecule has 7 nitrogen and oxygen atoms in total. The zero-order chi connectivity index (χ0) is 24.8.